The minimum atomic E-state index is -3.60. The SMILES string of the molecule is Cc1oc(C(=O)NCC(C(C)C)N2CCC(C)CC2)cc1S(=O)(=O)N1CCCC1. The van der Waals surface area contributed by atoms with Crippen molar-refractivity contribution in [3.8, 4) is 0 Å². The molecule has 0 radical (unpaired) electrons. The minimum absolute atomic E-state index is 0.0649. The molecule has 1 amide bonds. The Bertz CT molecular complexity index is 804. The monoisotopic (exact) mass is 425 g/mol. The van der Waals surface area contributed by atoms with Gasteiger partial charge in [-0.05, 0) is 57.5 Å². The maximum atomic E-state index is 12.8. The number of carbonyl (C=O) groups excluding carboxylic acids is 1. The molecule has 1 atom stereocenters. The summed E-state index contributed by atoms with van der Waals surface area (Å²) in [6, 6.07) is 1.64. The van der Waals surface area contributed by atoms with Gasteiger partial charge in [0.25, 0.3) is 5.91 Å². The summed E-state index contributed by atoms with van der Waals surface area (Å²) in [6.07, 6.45) is 4.11. The van der Waals surface area contributed by atoms with Crippen LogP contribution in [0.4, 0.5) is 0 Å². The Morgan fingerprint density at radius 3 is 2.41 bits per heavy atom. The van der Waals surface area contributed by atoms with Gasteiger partial charge in [0.05, 0.1) is 0 Å². The van der Waals surface area contributed by atoms with Crippen molar-refractivity contribution in [1.82, 2.24) is 14.5 Å². The van der Waals surface area contributed by atoms with Crippen molar-refractivity contribution in [2.24, 2.45) is 11.8 Å². The topological polar surface area (TPSA) is 82.9 Å². The first-order valence-electron chi connectivity index (χ1n) is 10.8. The van der Waals surface area contributed by atoms with E-state index in [0.717, 1.165) is 31.8 Å². The van der Waals surface area contributed by atoms with Crippen LogP contribution >= 0.6 is 0 Å². The van der Waals surface area contributed by atoms with Crippen molar-refractivity contribution < 1.29 is 17.6 Å². The third-order valence-electron chi connectivity index (χ3n) is 6.31. The fourth-order valence-corrected chi connectivity index (χ4v) is 6.01. The van der Waals surface area contributed by atoms with Gasteiger partial charge in [-0.1, -0.05) is 20.8 Å². The van der Waals surface area contributed by atoms with Gasteiger partial charge in [0.2, 0.25) is 10.0 Å². The molecule has 3 heterocycles. The van der Waals surface area contributed by atoms with Gasteiger partial charge in [0, 0.05) is 31.7 Å². The van der Waals surface area contributed by atoms with Gasteiger partial charge in [-0.25, -0.2) is 8.42 Å². The molecule has 0 spiro atoms. The molecule has 1 N–H and O–H groups in total. The molecule has 3 rings (SSSR count). The second-order valence-electron chi connectivity index (χ2n) is 8.88. The van der Waals surface area contributed by atoms with E-state index in [4.69, 9.17) is 4.42 Å². The van der Waals surface area contributed by atoms with Crippen LogP contribution < -0.4 is 5.32 Å². The van der Waals surface area contributed by atoms with E-state index >= 15 is 0 Å². The molecule has 2 aliphatic rings. The lowest BCUT2D eigenvalue weighted by atomic mass is 9.94. The molecule has 1 aromatic rings. The molecule has 7 nitrogen and oxygen atoms in total. The second kappa shape index (κ2) is 9.18. The smallest absolute Gasteiger partial charge is 0.287 e. The molecule has 0 saturated carbocycles. The number of aryl methyl sites for hydroxylation is 1. The number of furan rings is 1. The molecular weight excluding hydrogens is 390 g/mol. The highest BCUT2D eigenvalue weighted by molar-refractivity contribution is 7.89. The molecule has 0 aromatic carbocycles. The Morgan fingerprint density at radius 1 is 1.21 bits per heavy atom. The number of rotatable bonds is 7. The Hall–Kier alpha value is -1.38. The highest BCUT2D eigenvalue weighted by Gasteiger charge is 2.32. The number of likely N-dealkylation sites (tertiary alicyclic amines) is 1. The highest BCUT2D eigenvalue weighted by Crippen LogP contribution is 2.26. The van der Waals surface area contributed by atoms with Gasteiger partial charge >= 0.3 is 0 Å². The number of piperidine rings is 1. The van der Waals surface area contributed by atoms with E-state index in [0.29, 0.717) is 25.6 Å². The molecule has 2 aliphatic heterocycles. The standard InChI is InChI=1S/C21H35N3O4S/c1-15(2)18(23-11-7-16(3)8-12-23)14-22-21(25)19-13-20(17(4)28-19)29(26,27)24-9-5-6-10-24/h13,15-16,18H,5-12,14H2,1-4H3,(H,22,25). The maximum Gasteiger partial charge on any atom is 0.287 e. The van der Waals surface area contributed by atoms with Crippen molar-refractivity contribution in [3.63, 3.8) is 0 Å². The number of nitrogens with one attached hydrogen (secondary N) is 1. The van der Waals surface area contributed by atoms with E-state index in [9.17, 15) is 13.2 Å². The van der Waals surface area contributed by atoms with Crippen LogP contribution in [0.3, 0.4) is 0 Å². The van der Waals surface area contributed by atoms with Gasteiger partial charge in [-0.2, -0.15) is 4.31 Å². The molecule has 2 fully saturated rings. The van der Waals surface area contributed by atoms with E-state index in [1.54, 1.807) is 6.92 Å². The predicted molar refractivity (Wildman–Crippen MR) is 112 cm³/mol. The Morgan fingerprint density at radius 2 is 1.83 bits per heavy atom. The number of sulfonamides is 1. The van der Waals surface area contributed by atoms with Crippen LogP contribution in [-0.2, 0) is 10.0 Å². The summed E-state index contributed by atoms with van der Waals surface area (Å²) < 4.78 is 32.6. The van der Waals surface area contributed by atoms with Crippen LogP contribution in [0.1, 0.15) is 62.8 Å². The molecule has 0 aliphatic carbocycles. The van der Waals surface area contributed by atoms with E-state index in [-0.39, 0.29) is 28.4 Å². The van der Waals surface area contributed by atoms with Crippen LogP contribution in [0.25, 0.3) is 0 Å². The van der Waals surface area contributed by atoms with Gasteiger partial charge in [-0.3, -0.25) is 9.69 Å². The lowest BCUT2D eigenvalue weighted by Crippen LogP contribution is -2.49. The summed E-state index contributed by atoms with van der Waals surface area (Å²) in [5, 5.41) is 2.97. The molecule has 2 saturated heterocycles. The summed E-state index contributed by atoms with van der Waals surface area (Å²) in [5.41, 5.74) is 0. The average Bonchev–Trinajstić information content (AvgIpc) is 3.33. The first kappa shape index (κ1) is 22.3. The van der Waals surface area contributed by atoms with Crippen molar-refractivity contribution >= 4 is 15.9 Å². The maximum absolute atomic E-state index is 12.8. The first-order valence-corrected chi connectivity index (χ1v) is 12.3. The summed E-state index contributed by atoms with van der Waals surface area (Å²) in [4.78, 5) is 15.3. The lowest BCUT2D eigenvalue weighted by Gasteiger charge is -2.38. The van der Waals surface area contributed by atoms with Gasteiger partial charge < -0.3 is 9.73 Å². The molecule has 29 heavy (non-hydrogen) atoms. The van der Waals surface area contributed by atoms with Gasteiger partial charge in [0.1, 0.15) is 10.7 Å². The molecule has 1 unspecified atom stereocenters. The summed E-state index contributed by atoms with van der Waals surface area (Å²) in [6.45, 7) is 11.9. The molecule has 8 heteroatoms. The zero-order chi connectivity index (χ0) is 21.2. The third-order valence-corrected chi connectivity index (χ3v) is 8.31. The van der Waals surface area contributed by atoms with Crippen molar-refractivity contribution in [2.45, 2.75) is 64.3 Å². The number of nitrogens with zero attached hydrogens (tertiary/aromatic N) is 2. The zero-order valence-electron chi connectivity index (χ0n) is 18.1. The van der Waals surface area contributed by atoms with E-state index in [1.807, 2.05) is 0 Å². The highest BCUT2D eigenvalue weighted by atomic mass is 32.2. The van der Waals surface area contributed by atoms with Crippen LogP contribution in [0.2, 0.25) is 0 Å². The minimum Gasteiger partial charge on any atom is -0.455 e. The second-order valence-corrected chi connectivity index (χ2v) is 10.8. The summed E-state index contributed by atoms with van der Waals surface area (Å²) >= 11 is 0. The fraction of sp³-hybridized carbons (Fsp3) is 0.762. The Kier molecular flexibility index (Phi) is 7.06. The van der Waals surface area contributed by atoms with Gasteiger partial charge in [0.15, 0.2) is 5.76 Å². The van der Waals surface area contributed by atoms with Crippen LogP contribution in [-0.4, -0.2) is 62.3 Å². The fourth-order valence-electron chi connectivity index (χ4n) is 4.33. The number of carbonyl (C=O) groups is 1. The van der Waals surface area contributed by atoms with Crippen LogP contribution in [0.15, 0.2) is 15.4 Å². The quantitative estimate of drug-likeness (QED) is 0.726. The molecular formula is C21H35N3O4S. The third kappa shape index (κ3) is 5.03. The normalized spacial score (nSPS) is 21.0. The number of amides is 1. The summed E-state index contributed by atoms with van der Waals surface area (Å²) in [7, 11) is -3.60. The van der Waals surface area contributed by atoms with Crippen molar-refractivity contribution in [3.05, 3.63) is 17.6 Å². The first-order chi connectivity index (χ1) is 13.7. The van der Waals surface area contributed by atoms with Crippen LogP contribution in [0, 0.1) is 18.8 Å². The van der Waals surface area contributed by atoms with Crippen molar-refractivity contribution in [2.75, 3.05) is 32.7 Å². The Balaban J connectivity index is 1.66. The molecule has 0 bridgehead atoms. The predicted octanol–water partition coefficient (Wildman–Crippen LogP) is 2.86. The largest absolute Gasteiger partial charge is 0.455 e. The number of hydrogen-bond acceptors (Lipinski definition) is 5. The number of hydrogen-bond donors (Lipinski definition) is 1. The van der Waals surface area contributed by atoms with E-state index in [1.165, 1.54) is 23.2 Å². The van der Waals surface area contributed by atoms with E-state index < -0.39 is 10.0 Å². The Labute approximate surface area is 174 Å². The van der Waals surface area contributed by atoms with Crippen molar-refractivity contribution in [1.29, 1.82) is 0 Å². The average molecular weight is 426 g/mol. The summed E-state index contributed by atoms with van der Waals surface area (Å²) in [5.74, 6) is 1.15. The lowest BCUT2D eigenvalue weighted by molar-refractivity contribution is 0.0840. The molecule has 164 valence electrons. The molecule has 1 aromatic heterocycles. The van der Waals surface area contributed by atoms with E-state index in [2.05, 4.69) is 31.0 Å². The zero-order valence-corrected chi connectivity index (χ0v) is 18.9. The van der Waals surface area contributed by atoms with Crippen LogP contribution in [0.5, 0.6) is 0 Å². The van der Waals surface area contributed by atoms with Gasteiger partial charge in [-0.15, -0.1) is 0 Å².